The molecule has 6 heteroatoms. The molecule has 0 aliphatic rings. The lowest BCUT2D eigenvalue weighted by atomic mass is 10.1. The number of hydrogen-bond acceptors (Lipinski definition) is 3. The third-order valence-corrected chi connectivity index (χ3v) is 3.88. The molecule has 0 radical (unpaired) electrons. The number of H-pyrrole nitrogens is 1. The number of pyridine rings is 1. The maximum absolute atomic E-state index is 12.6. The maximum Gasteiger partial charge on any atom is 0.255 e. The third kappa shape index (κ3) is 3.00. The third-order valence-electron chi connectivity index (χ3n) is 3.64. The Labute approximate surface area is 142 Å². The van der Waals surface area contributed by atoms with Gasteiger partial charge >= 0.3 is 0 Å². The molecule has 2 aromatic carbocycles. The highest BCUT2D eigenvalue weighted by molar-refractivity contribution is 6.30. The van der Waals surface area contributed by atoms with Crippen LogP contribution in [-0.2, 0) is 0 Å². The Morgan fingerprint density at radius 1 is 1.17 bits per heavy atom. The first-order chi connectivity index (χ1) is 11.6. The van der Waals surface area contributed by atoms with Crippen molar-refractivity contribution in [2.24, 2.45) is 0 Å². The van der Waals surface area contributed by atoms with Crippen LogP contribution in [0.2, 0.25) is 5.02 Å². The van der Waals surface area contributed by atoms with Crippen LogP contribution in [0.3, 0.4) is 0 Å². The minimum absolute atomic E-state index is 0.270. The topological polar surface area (TPSA) is 85.8 Å². The minimum Gasteiger partial charge on any atom is -0.332 e. The van der Waals surface area contributed by atoms with Crippen LogP contribution in [-0.4, -0.2) is 10.9 Å². The van der Waals surface area contributed by atoms with E-state index in [1.165, 1.54) is 6.20 Å². The second-order valence-corrected chi connectivity index (χ2v) is 5.60. The molecule has 1 amide bonds. The van der Waals surface area contributed by atoms with Crippen molar-refractivity contribution in [1.82, 2.24) is 10.3 Å². The van der Waals surface area contributed by atoms with Crippen molar-refractivity contribution in [1.29, 1.82) is 5.26 Å². The fourth-order valence-electron chi connectivity index (χ4n) is 2.48. The lowest BCUT2D eigenvalue weighted by molar-refractivity contribution is 0.0946. The van der Waals surface area contributed by atoms with Gasteiger partial charge in [-0.15, -0.1) is 0 Å². The standard InChI is InChI=1S/C18H12ClN3O2/c19-12-5-3-4-11(8-12)16(9-20)22-18(24)15-10-21-17(23)14-7-2-1-6-13(14)15/h1-8,10,16H,(H,21,23)(H,22,24)/t16-/m1/s1. The van der Waals surface area contributed by atoms with Crippen molar-refractivity contribution in [2.75, 3.05) is 0 Å². The zero-order valence-electron chi connectivity index (χ0n) is 12.4. The monoisotopic (exact) mass is 337 g/mol. The first-order valence-electron chi connectivity index (χ1n) is 7.16. The number of amides is 1. The second kappa shape index (κ2) is 6.57. The largest absolute Gasteiger partial charge is 0.332 e. The highest BCUT2D eigenvalue weighted by atomic mass is 35.5. The molecule has 24 heavy (non-hydrogen) atoms. The Morgan fingerprint density at radius 2 is 1.92 bits per heavy atom. The first-order valence-corrected chi connectivity index (χ1v) is 7.54. The van der Waals surface area contributed by atoms with Gasteiger partial charge in [0.1, 0.15) is 6.04 Å². The van der Waals surface area contributed by atoms with Gasteiger partial charge in [-0.2, -0.15) is 5.26 Å². The average Bonchev–Trinajstić information content (AvgIpc) is 2.60. The summed E-state index contributed by atoms with van der Waals surface area (Å²) >= 11 is 5.93. The van der Waals surface area contributed by atoms with Gasteiger partial charge < -0.3 is 10.3 Å². The van der Waals surface area contributed by atoms with Gasteiger partial charge in [0.05, 0.1) is 11.6 Å². The highest BCUT2D eigenvalue weighted by Gasteiger charge is 2.18. The van der Waals surface area contributed by atoms with Crippen LogP contribution in [0, 0.1) is 11.3 Å². The number of nitrogens with zero attached hydrogens (tertiary/aromatic N) is 1. The number of nitriles is 1. The van der Waals surface area contributed by atoms with E-state index >= 15 is 0 Å². The predicted molar refractivity (Wildman–Crippen MR) is 91.8 cm³/mol. The van der Waals surface area contributed by atoms with Crippen LogP contribution >= 0.6 is 11.6 Å². The molecule has 118 valence electrons. The summed E-state index contributed by atoms with van der Waals surface area (Å²) in [4.78, 5) is 27.0. The SMILES string of the molecule is N#C[C@@H](NC(=O)c1c[nH]c(=O)c2ccccc12)c1cccc(Cl)c1. The molecule has 0 saturated carbocycles. The van der Waals surface area contributed by atoms with Crippen molar-refractivity contribution in [2.45, 2.75) is 6.04 Å². The Morgan fingerprint density at radius 3 is 2.62 bits per heavy atom. The van der Waals surface area contributed by atoms with E-state index in [2.05, 4.69) is 10.3 Å². The minimum atomic E-state index is -0.845. The number of aromatic nitrogens is 1. The van der Waals surface area contributed by atoms with Gasteiger partial charge in [0, 0.05) is 22.0 Å². The number of carbonyl (C=O) groups is 1. The van der Waals surface area contributed by atoms with E-state index in [9.17, 15) is 14.9 Å². The van der Waals surface area contributed by atoms with Crippen LogP contribution in [0.4, 0.5) is 0 Å². The second-order valence-electron chi connectivity index (χ2n) is 5.17. The molecule has 1 atom stereocenters. The number of fused-ring (bicyclic) bond motifs is 1. The zero-order valence-corrected chi connectivity index (χ0v) is 13.2. The van der Waals surface area contributed by atoms with Gasteiger partial charge in [0.15, 0.2) is 0 Å². The molecular weight excluding hydrogens is 326 g/mol. The maximum atomic E-state index is 12.6. The van der Waals surface area contributed by atoms with E-state index in [0.717, 1.165) is 0 Å². The number of hydrogen-bond donors (Lipinski definition) is 2. The highest BCUT2D eigenvalue weighted by Crippen LogP contribution is 2.19. The summed E-state index contributed by atoms with van der Waals surface area (Å²) in [5, 5.41) is 13.4. The molecule has 0 fully saturated rings. The molecule has 1 aromatic heterocycles. The molecule has 2 N–H and O–H groups in total. The number of halogens is 1. The molecule has 0 spiro atoms. The van der Waals surface area contributed by atoms with Crippen molar-refractivity contribution in [3.8, 4) is 6.07 Å². The summed E-state index contributed by atoms with van der Waals surface area (Å²) in [6.07, 6.45) is 1.35. The predicted octanol–water partition coefficient (Wildman–Crippen LogP) is 3.18. The van der Waals surface area contributed by atoms with Gasteiger partial charge in [0.25, 0.3) is 11.5 Å². The van der Waals surface area contributed by atoms with Crippen LogP contribution in [0.5, 0.6) is 0 Å². The summed E-state index contributed by atoms with van der Waals surface area (Å²) in [6, 6.07) is 14.7. The summed E-state index contributed by atoms with van der Waals surface area (Å²) in [5.74, 6) is -0.450. The van der Waals surface area contributed by atoms with E-state index in [0.29, 0.717) is 26.9 Å². The van der Waals surface area contributed by atoms with Crippen molar-refractivity contribution < 1.29 is 4.79 Å². The smallest absolute Gasteiger partial charge is 0.255 e. The molecule has 0 saturated heterocycles. The summed E-state index contributed by atoms with van der Waals surface area (Å²) in [5.41, 5.74) is 0.619. The Balaban J connectivity index is 1.97. The number of carbonyl (C=O) groups excluding carboxylic acids is 1. The van der Waals surface area contributed by atoms with Crippen LogP contribution in [0.1, 0.15) is 22.0 Å². The molecule has 0 unspecified atom stereocenters. The summed E-state index contributed by atoms with van der Waals surface area (Å²) < 4.78 is 0. The Kier molecular flexibility index (Phi) is 4.32. The van der Waals surface area contributed by atoms with Gasteiger partial charge in [-0.1, -0.05) is 41.9 Å². The molecule has 3 aromatic rings. The van der Waals surface area contributed by atoms with Crippen LogP contribution in [0.25, 0.3) is 10.8 Å². The molecule has 0 bridgehead atoms. The number of nitrogens with one attached hydrogen (secondary N) is 2. The van der Waals surface area contributed by atoms with E-state index in [-0.39, 0.29) is 5.56 Å². The quantitative estimate of drug-likeness (QED) is 0.769. The normalized spacial score (nSPS) is 11.7. The summed E-state index contributed by atoms with van der Waals surface area (Å²) in [6.45, 7) is 0. The van der Waals surface area contributed by atoms with E-state index < -0.39 is 11.9 Å². The van der Waals surface area contributed by atoms with Crippen molar-refractivity contribution in [3.05, 3.63) is 81.2 Å². The number of aromatic amines is 1. The zero-order chi connectivity index (χ0) is 17.1. The molecular formula is C18H12ClN3O2. The van der Waals surface area contributed by atoms with Crippen molar-refractivity contribution >= 4 is 28.3 Å². The number of rotatable bonds is 3. The average molecular weight is 338 g/mol. The fraction of sp³-hybridized carbons (Fsp3) is 0.0556. The molecule has 0 aliphatic heterocycles. The molecule has 0 aliphatic carbocycles. The first kappa shape index (κ1) is 15.8. The Hall–Kier alpha value is -3.10. The van der Waals surface area contributed by atoms with Crippen LogP contribution in [0.15, 0.2) is 59.5 Å². The Bertz CT molecular complexity index is 1020. The van der Waals surface area contributed by atoms with Crippen LogP contribution < -0.4 is 10.9 Å². The van der Waals surface area contributed by atoms with E-state index in [1.807, 2.05) is 6.07 Å². The molecule has 1 heterocycles. The van der Waals surface area contributed by atoms with Gasteiger partial charge in [-0.3, -0.25) is 9.59 Å². The number of benzene rings is 2. The molecule has 3 rings (SSSR count). The van der Waals surface area contributed by atoms with E-state index in [1.54, 1.807) is 48.5 Å². The fourth-order valence-corrected chi connectivity index (χ4v) is 2.68. The van der Waals surface area contributed by atoms with E-state index in [4.69, 9.17) is 11.6 Å². The van der Waals surface area contributed by atoms with Crippen molar-refractivity contribution in [3.63, 3.8) is 0 Å². The van der Waals surface area contributed by atoms with Gasteiger partial charge in [-0.05, 0) is 23.8 Å². The lowest BCUT2D eigenvalue weighted by Gasteiger charge is -2.13. The van der Waals surface area contributed by atoms with Gasteiger partial charge in [0.2, 0.25) is 0 Å². The lowest BCUT2D eigenvalue weighted by Crippen LogP contribution is -2.28. The van der Waals surface area contributed by atoms with Gasteiger partial charge in [-0.25, -0.2) is 0 Å². The summed E-state index contributed by atoms with van der Waals surface area (Å²) in [7, 11) is 0. The molecule has 5 nitrogen and oxygen atoms in total.